The third-order valence-electron chi connectivity index (χ3n) is 4.93. The van der Waals surface area contributed by atoms with Gasteiger partial charge in [0.05, 0.1) is 22.5 Å². The van der Waals surface area contributed by atoms with Gasteiger partial charge in [0, 0.05) is 16.2 Å². The second kappa shape index (κ2) is 5.82. The summed E-state index contributed by atoms with van der Waals surface area (Å²) in [6, 6.07) is 7.29. The van der Waals surface area contributed by atoms with E-state index in [-0.39, 0.29) is 11.7 Å². The van der Waals surface area contributed by atoms with Crippen molar-refractivity contribution in [2.75, 3.05) is 6.61 Å². The highest BCUT2D eigenvalue weighted by molar-refractivity contribution is 9.10. The molecule has 1 aromatic carbocycles. The molecule has 0 radical (unpaired) electrons. The third kappa shape index (κ3) is 2.29. The van der Waals surface area contributed by atoms with Gasteiger partial charge in [0.2, 0.25) is 0 Å². The molecule has 4 heterocycles. The molecular formula is C19H15BrN4O3. The molecule has 0 unspecified atom stereocenters. The Hall–Kier alpha value is -2.87. The van der Waals surface area contributed by atoms with Crippen molar-refractivity contribution >= 4 is 27.0 Å². The van der Waals surface area contributed by atoms with Crippen molar-refractivity contribution in [3.05, 3.63) is 62.6 Å². The Morgan fingerprint density at radius 1 is 1.33 bits per heavy atom. The molecule has 4 aromatic rings. The lowest BCUT2D eigenvalue weighted by atomic mass is 10.0. The number of ether oxygens (including phenoxy) is 1. The summed E-state index contributed by atoms with van der Waals surface area (Å²) in [7, 11) is 0. The summed E-state index contributed by atoms with van der Waals surface area (Å²) in [6.45, 7) is 4.07. The molecule has 0 spiro atoms. The van der Waals surface area contributed by atoms with E-state index < -0.39 is 0 Å². The summed E-state index contributed by atoms with van der Waals surface area (Å²) in [6.07, 6.45) is 1.72. The van der Waals surface area contributed by atoms with Crippen LogP contribution in [0.2, 0.25) is 0 Å². The van der Waals surface area contributed by atoms with Gasteiger partial charge in [-0.3, -0.25) is 9.55 Å². The van der Waals surface area contributed by atoms with Crippen LogP contribution in [-0.2, 0) is 0 Å². The van der Waals surface area contributed by atoms with Crippen molar-refractivity contribution in [3.8, 4) is 16.9 Å². The number of imidazole rings is 1. The number of aromatic amines is 1. The van der Waals surface area contributed by atoms with Crippen LogP contribution in [0.4, 0.5) is 0 Å². The number of nitrogens with zero attached hydrogens (tertiary/aromatic N) is 3. The van der Waals surface area contributed by atoms with E-state index in [2.05, 4.69) is 31.1 Å². The second-order valence-electron chi connectivity index (χ2n) is 6.54. The van der Waals surface area contributed by atoms with Gasteiger partial charge in [0.15, 0.2) is 5.75 Å². The van der Waals surface area contributed by atoms with Crippen molar-refractivity contribution in [1.82, 2.24) is 19.7 Å². The van der Waals surface area contributed by atoms with Gasteiger partial charge in [-0.25, -0.2) is 4.79 Å². The monoisotopic (exact) mass is 426 g/mol. The van der Waals surface area contributed by atoms with E-state index >= 15 is 0 Å². The highest BCUT2D eigenvalue weighted by atomic mass is 79.9. The van der Waals surface area contributed by atoms with E-state index in [0.29, 0.717) is 29.2 Å². The van der Waals surface area contributed by atoms with Crippen LogP contribution in [0.3, 0.4) is 0 Å². The Bertz CT molecular complexity index is 1220. The predicted molar refractivity (Wildman–Crippen MR) is 103 cm³/mol. The Kier molecular flexibility index (Phi) is 3.51. The van der Waals surface area contributed by atoms with Crippen molar-refractivity contribution in [2.45, 2.75) is 19.9 Å². The lowest BCUT2D eigenvalue weighted by molar-refractivity contribution is 0.255. The summed E-state index contributed by atoms with van der Waals surface area (Å²) in [5, 5.41) is 4.05. The molecule has 0 saturated carbocycles. The first-order valence-corrected chi connectivity index (χ1v) is 9.29. The SMILES string of the molecule is Cc1noc(C)c1-c1cc(Br)c2[nH]c(=O)n3c2c1OC[C@H]3c1ccccn1. The van der Waals surface area contributed by atoms with Crippen LogP contribution in [0, 0.1) is 13.8 Å². The van der Waals surface area contributed by atoms with E-state index in [1.165, 1.54) is 0 Å². The number of pyridine rings is 1. The molecular weight excluding hydrogens is 412 g/mol. The van der Waals surface area contributed by atoms with Gasteiger partial charge in [-0.1, -0.05) is 11.2 Å². The Morgan fingerprint density at radius 3 is 2.89 bits per heavy atom. The minimum atomic E-state index is -0.299. The normalized spacial score (nSPS) is 15.9. The molecule has 1 aliphatic heterocycles. The maximum atomic E-state index is 12.8. The number of aromatic nitrogens is 4. The zero-order valence-electron chi connectivity index (χ0n) is 14.6. The summed E-state index contributed by atoms with van der Waals surface area (Å²) < 4.78 is 14.0. The summed E-state index contributed by atoms with van der Waals surface area (Å²) in [4.78, 5) is 20.2. The van der Waals surface area contributed by atoms with Crippen LogP contribution in [0.15, 0.2) is 44.3 Å². The van der Waals surface area contributed by atoms with Crippen molar-refractivity contribution < 1.29 is 9.26 Å². The molecule has 0 bridgehead atoms. The molecule has 5 rings (SSSR count). The third-order valence-corrected chi connectivity index (χ3v) is 5.55. The zero-order chi connectivity index (χ0) is 18.7. The van der Waals surface area contributed by atoms with E-state index in [9.17, 15) is 4.79 Å². The summed E-state index contributed by atoms with van der Waals surface area (Å²) >= 11 is 3.59. The van der Waals surface area contributed by atoms with Gasteiger partial charge in [0.25, 0.3) is 0 Å². The topological polar surface area (TPSA) is 85.9 Å². The van der Waals surface area contributed by atoms with E-state index in [4.69, 9.17) is 9.26 Å². The quantitative estimate of drug-likeness (QED) is 0.527. The number of benzene rings is 1. The molecule has 1 atom stereocenters. The van der Waals surface area contributed by atoms with Gasteiger partial charge in [0.1, 0.15) is 23.9 Å². The number of H-pyrrole nitrogens is 1. The van der Waals surface area contributed by atoms with Gasteiger partial charge >= 0.3 is 5.69 Å². The fourth-order valence-electron chi connectivity index (χ4n) is 3.76. The number of aryl methyl sites for hydroxylation is 2. The summed E-state index contributed by atoms with van der Waals surface area (Å²) in [5.74, 6) is 1.35. The Labute approximate surface area is 162 Å². The second-order valence-corrected chi connectivity index (χ2v) is 7.39. The maximum Gasteiger partial charge on any atom is 0.327 e. The van der Waals surface area contributed by atoms with Crippen LogP contribution in [0.25, 0.3) is 22.2 Å². The molecule has 8 heteroatoms. The average Bonchev–Trinajstić information content (AvgIpc) is 3.20. The molecule has 0 fully saturated rings. The first-order valence-electron chi connectivity index (χ1n) is 8.50. The van der Waals surface area contributed by atoms with Gasteiger partial charge < -0.3 is 14.2 Å². The highest BCUT2D eigenvalue weighted by Gasteiger charge is 2.32. The number of nitrogens with one attached hydrogen (secondary N) is 1. The number of halogens is 1. The zero-order valence-corrected chi connectivity index (χ0v) is 16.2. The summed E-state index contributed by atoms with van der Waals surface area (Å²) in [5.41, 5.74) is 4.50. The highest BCUT2D eigenvalue weighted by Crippen LogP contribution is 2.45. The molecule has 0 aliphatic carbocycles. The molecule has 27 heavy (non-hydrogen) atoms. The molecule has 7 nitrogen and oxygen atoms in total. The number of hydrogen-bond acceptors (Lipinski definition) is 5. The van der Waals surface area contributed by atoms with Crippen molar-refractivity contribution in [3.63, 3.8) is 0 Å². The first-order chi connectivity index (χ1) is 13.1. The van der Waals surface area contributed by atoms with Gasteiger partial charge in [-0.2, -0.15) is 0 Å². The van der Waals surface area contributed by atoms with Crippen LogP contribution < -0.4 is 10.4 Å². The van der Waals surface area contributed by atoms with E-state index in [1.807, 2.05) is 38.1 Å². The Balaban J connectivity index is 1.85. The number of hydrogen-bond donors (Lipinski definition) is 1. The molecule has 1 aliphatic rings. The molecule has 0 saturated heterocycles. The van der Waals surface area contributed by atoms with Crippen LogP contribution in [0.5, 0.6) is 5.75 Å². The standard InChI is InChI=1S/C19H15BrN4O3/c1-9-15(10(2)27-23-9)11-7-12(20)16-17-18(11)26-8-14(24(17)19(25)22-16)13-5-3-4-6-21-13/h3-7,14H,8H2,1-2H3,(H,22,25)/t14-/m0/s1. The lowest BCUT2D eigenvalue weighted by Gasteiger charge is -2.26. The van der Waals surface area contributed by atoms with Crippen molar-refractivity contribution in [1.29, 1.82) is 0 Å². The fraction of sp³-hybridized carbons (Fsp3) is 0.211. The average molecular weight is 427 g/mol. The maximum absolute atomic E-state index is 12.8. The van der Waals surface area contributed by atoms with Crippen molar-refractivity contribution in [2.24, 2.45) is 0 Å². The van der Waals surface area contributed by atoms with Gasteiger partial charge in [-0.15, -0.1) is 0 Å². The van der Waals surface area contributed by atoms with Crippen LogP contribution in [-0.4, -0.2) is 26.3 Å². The Morgan fingerprint density at radius 2 is 2.19 bits per heavy atom. The largest absolute Gasteiger partial charge is 0.488 e. The first kappa shape index (κ1) is 16.3. The molecule has 3 aromatic heterocycles. The molecule has 1 N–H and O–H groups in total. The minimum Gasteiger partial charge on any atom is -0.488 e. The minimum absolute atomic E-state index is 0.193. The van der Waals surface area contributed by atoms with Crippen LogP contribution >= 0.6 is 15.9 Å². The van der Waals surface area contributed by atoms with Gasteiger partial charge in [-0.05, 0) is 48.0 Å². The predicted octanol–water partition coefficient (Wildman–Crippen LogP) is 3.74. The van der Waals surface area contributed by atoms with E-state index in [0.717, 1.165) is 27.0 Å². The lowest BCUT2D eigenvalue weighted by Crippen LogP contribution is -2.31. The van der Waals surface area contributed by atoms with Crippen LogP contribution in [0.1, 0.15) is 23.2 Å². The molecule has 136 valence electrons. The molecule has 0 amide bonds. The smallest absolute Gasteiger partial charge is 0.327 e. The fourth-order valence-corrected chi connectivity index (χ4v) is 4.28. The van der Waals surface area contributed by atoms with E-state index in [1.54, 1.807) is 10.8 Å². The number of rotatable bonds is 2.